The van der Waals surface area contributed by atoms with Crippen LogP contribution in [-0.4, -0.2) is 81.3 Å². The molecule has 4 amide bonds. The van der Waals surface area contributed by atoms with Crippen LogP contribution in [0.3, 0.4) is 0 Å². The number of imide groups is 2. The molecule has 0 saturated heterocycles. The SMILES string of the molecule is CC(C)CC(C(=O)OCCBr)N1C(=O)c2cc(Oc3ccc(-c4ccccc4)cc3)c3c4c(Oc5ccc(-c6ccccc6)cc5)cc5c6c(cc(Oc7ccc(-c8ccccc8)cc7)c(c7c(Oc8ccc(-c9ccccc9)cc8)cc(c2c37)C1=O)c64)C(=O)N(C(CC(C)C)C(=O)OCCBr)C5=O. The topological polar surface area (TPSA) is 164 Å². The van der Waals surface area contributed by atoms with Gasteiger partial charge in [0.05, 0.1) is 22.3 Å². The lowest BCUT2D eigenvalue weighted by Crippen LogP contribution is -2.51. The molecule has 0 aliphatic carbocycles. The van der Waals surface area contributed by atoms with Crippen molar-refractivity contribution in [2.45, 2.75) is 52.6 Å². The Morgan fingerprint density at radius 3 is 0.740 bits per heavy atom. The smallest absolute Gasteiger partial charge is 0.329 e. The molecule has 14 nitrogen and oxygen atoms in total. The first kappa shape index (κ1) is 68.3. The highest BCUT2D eigenvalue weighted by Gasteiger charge is 2.47. The van der Waals surface area contributed by atoms with Crippen molar-refractivity contribution in [1.82, 2.24) is 9.80 Å². The third-order valence-corrected chi connectivity index (χ3v) is 19.6. The predicted octanol–water partition coefficient (Wildman–Crippen LogP) is 21.5. The minimum Gasteiger partial charge on any atom is -0.463 e. The van der Waals surface area contributed by atoms with E-state index in [0.717, 1.165) is 54.3 Å². The number of nitrogens with zero attached hydrogens (tertiary/aromatic N) is 2. The molecule has 0 fully saturated rings. The molecule has 2 aliphatic rings. The molecule has 15 rings (SSSR count). The molecule has 104 heavy (non-hydrogen) atoms. The van der Waals surface area contributed by atoms with Gasteiger partial charge in [0.15, 0.2) is 0 Å². The van der Waals surface area contributed by atoms with Gasteiger partial charge in [-0.2, -0.15) is 0 Å². The van der Waals surface area contributed by atoms with Gasteiger partial charge in [-0.15, -0.1) is 0 Å². The Balaban J connectivity index is 1.10. The Kier molecular flexibility index (Phi) is 19.1. The van der Waals surface area contributed by atoms with Crippen molar-refractivity contribution < 1.29 is 57.2 Å². The Hall–Kier alpha value is -11.5. The van der Waals surface area contributed by atoms with E-state index in [1.807, 2.05) is 246 Å². The number of benzene rings is 13. The molecule has 0 bridgehead atoms. The van der Waals surface area contributed by atoms with E-state index in [0.29, 0.717) is 33.7 Å². The standard InChI is InChI=1S/C88H68Br2N2O12/c1-51(2)45-69(87(97)99-43-41-89)91-83(93)65-47-71(101-61-33-25-57(26-34-61)53-17-9-5-10-18-53)77-79-73(103-63-37-29-59(30-38-63)55-21-13-7-14-22-55)49-67-76-68(86(96)92(85(67)95)70(46-52(3)4)88(98)100-44-42-90)50-74(104-64-39-31-60(32-40-64)56-23-15-8-16-24-56)80(82(76)79)78-72(48-66(84(91)94)75(65)81(77)78)102-62-35-27-58(28-36-62)54-19-11-6-12-20-54/h5-40,47-52,69-70H,41-46H2,1-4H3. The van der Waals surface area contributed by atoms with Gasteiger partial charge in [0.1, 0.15) is 71.3 Å². The number of esters is 2. The Morgan fingerprint density at radius 2 is 0.529 bits per heavy atom. The molecule has 2 atom stereocenters. The predicted molar refractivity (Wildman–Crippen MR) is 412 cm³/mol. The molecular weight excluding hydrogens is 1440 g/mol. The molecule has 2 aliphatic heterocycles. The van der Waals surface area contributed by atoms with Crippen LogP contribution in [0, 0.1) is 11.8 Å². The first-order valence-corrected chi connectivity index (χ1v) is 36.8. The van der Waals surface area contributed by atoms with Crippen LogP contribution in [0.1, 0.15) is 82.0 Å². The van der Waals surface area contributed by atoms with Gasteiger partial charge in [-0.05, 0) is 142 Å². The number of hydrogen-bond donors (Lipinski definition) is 0. The number of halogens is 2. The van der Waals surface area contributed by atoms with Gasteiger partial charge in [-0.25, -0.2) is 9.59 Å². The van der Waals surface area contributed by atoms with Crippen molar-refractivity contribution in [2.24, 2.45) is 11.8 Å². The Labute approximate surface area is 617 Å². The number of rotatable bonds is 24. The zero-order valence-corrected chi connectivity index (χ0v) is 60.4. The molecule has 0 spiro atoms. The highest BCUT2D eigenvalue weighted by Crippen LogP contribution is 2.58. The highest BCUT2D eigenvalue weighted by atomic mass is 79.9. The minimum atomic E-state index is -1.38. The second kappa shape index (κ2) is 29.1. The van der Waals surface area contributed by atoms with Crippen molar-refractivity contribution in [3.8, 4) is 90.5 Å². The summed E-state index contributed by atoms with van der Waals surface area (Å²) in [6.07, 6.45) is 0.124. The second-order valence-corrected chi connectivity index (χ2v) is 28.2. The fourth-order valence-electron chi connectivity index (χ4n) is 14.3. The van der Waals surface area contributed by atoms with Crippen LogP contribution in [0.15, 0.2) is 243 Å². The van der Waals surface area contributed by atoms with E-state index in [9.17, 15) is 9.59 Å². The zero-order valence-electron chi connectivity index (χ0n) is 57.2. The van der Waals surface area contributed by atoms with E-state index < -0.39 is 47.7 Å². The fourth-order valence-corrected chi connectivity index (χ4v) is 14.6. The van der Waals surface area contributed by atoms with Gasteiger partial charge in [0.25, 0.3) is 23.6 Å². The van der Waals surface area contributed by atoms with Crippen molar-refractivity contribution in [2.75, 3.05) is 23.9 Å². The number of carbonyl (C=O) groups is 6. The van der Waals surface area contributed by atoms with E-state index in [1.54, 1.807) is 24.3 Å². The van der Waals surface area contributed by atoms with Crippen molar-refractivity contribution >= 4 is 111 Å². The summed E-state index contributed by atoms with van der Waals surface area (Å²) in [4.78, 5) is 96.3. The average Bonchev–Trinajstić information content (AvgIpc) is 0.671. The molecule has 16 heteroatoms. The first-order chi connectivity index (χ1) is 50.6. The average molecular weight is 1510 g/mol. The maximum absolute atomic E-state index is 16.3. The largest absolute Gasteiger partial charge is 0.463 e. The fraction of sp³-hybridized carbons (Fsp3) is 0.159. The van der Waals surface area contributed by atoms with Gasteiger partial charge >= 0.3 is 11.9 Å². The van der Waals surface area contributed by atoms with E-state index in [-0.39, 0.29) is 126 Å². The number of hydrogen-bond acceptors (Lipinski definition) is 12. The van der Waals surface area contributed by atoms with Gasteiger partial charge < -0.3 is 28.4 Å². The highest BCUT2D eigenvalue weighted by molar-refractivity contribution is 9.09. The Morgan fingerprint density at radius 1 is 0.308 bits per heavy atom. The summed E-state index contributed by atoms with van der Waals surface area (Å²) in [6.45, 7) is 7.55. The lowest BCUT2D eigenvalue weighted by Gasteiger charge is -2.36. The molecule has 516 valence electrons. The summed E-state index contributed by atoms with van der Waals surface area (Å²) in [7, 11) is 0. The van der Waals surface area contributed by atoms with Gasteiger partial charge in [0.2, 0.25) is 0 Å². The summed E-state index contributed by atoms with van der Waals surface area (Å²) in [5.74, 6) is -3.43. The van der Waals surface area contributed by atoms with Crippen molar-refractivity contribution in [3.05, 3.63) is 265 Å². The molecule has 2 heterocycles. The van der Waals surface area contributed by atoms with Crippen LogP contribution < -0.4 is 18.9 Å². The van der Waals surface area contributed by atoms with Crippen LogP contribution in [0.2, 0.25) is 0 Å². The van der Waals surface area contributed by atoms with Gasteiger partial charge in [-0.3, -0.25) is 29.0 Å². The first-order valence-electron chi connectivity index (χ1n) is 34.5. The summed E-state index contributed by atoms with van der Waals surface area (Å²) in [6, 6.07) is 73.1. The number of fused-ring (bicyclic) bond motifs is 2. The van der Waals surface area contributed by atoms with Crippen LogP contribution in [-0.2, 0) is 19.1 Å². The van der Waals surface area contributed by atoms with E-state index in [1.165, 1.54) is 0 Å². The molecule has 13 aromatic carbocycles. The van der Waals surface area contributed by atoms with Gasteiger partial charge in [0, 0.05) is 53.7 Å². The van der Waals surface area contributed by atoms with E-state index in [4.69, 9.17) is 28.4 Å². The Bertz CT molecular complexity index is 4830. The third-order valence-electron chi connectivity index (χ3n) is 18.9. The molecule has 2 unspecified atom stereocenters. The van der Waals surface area contributed by atoms with Crippen LogP contribution in [0.5, 0.6) is 46.0 Å². The number of amides is 4. The van der Waals surface area contributed by atoms with Crippen LogP contribution in [0.25, 0.3) is 87.6 Å². The molecular formula is C88H68Br2N2O12. The minimum absolute atomic E-state index is 0.00675. The third kappa shape index (κ3) is 13.0. The van der Waals surface area contributed by atoms with Gasteiger partial charge in [-0.1, -0.05) is 229 Å². The van der Waals surface area contributed by atoms with Crippen LogP contribution >= 0.6 is 31.9 Å². The van der Waals surface area contributed by atoms with E-state index in [2.05, 4.69) is 31.9 Å². The quantitative estimate of drug-likeness (QED) is 0.0185. The normalized spacial score (nSPS) is 13.3. The van der Waals surface area contributed by atoms with Crippen LogP contribution in [0.4, 0.5) is 0 Å². The summed E-state index contributed by atoms with van der Waals surface area (Å²) >= 11 is 6.77. The molecule has 0 radical (unpaired) electrons. The summed E-state index contributed by atoms with van der Waals surface area (Å²) in [5, 5.41) is 2.67. The summed E-state index contributed by atoms with van der Waals surface area (Å²) in [5.41, 5.74) is 7.43. The lowest BCUT2D eigenvalue weighted by molar-refractivity contribution is -0.149. The molecule has 0 aromatic heterocycles. The van der Waals surface area contributed by atoms with E-state index >= 15 is 19.2 Å². The number of ether oxygens (including phenoxy) is 6. The lowest BCUT2D eigenvalue weighted by atomic mass is 9.80. The van der Waals surface area contributed by atoms with Crippen molar-refractivity contribution in [1.29, 1.82) is 0 Å². The maximum atomic E-state index is 16.3. The zero-order chi connectivity index (χ0) is 71.9. The molecule has 0 saturated carbocycles. The second-order valence-electron chi connectivity index (χ2n) is 26.6. The molecule has 13 aromatic rings. The number of alkyl halides is 2. The monoisotopic (exact) mass is 1500 g/mol. The maximum Gasteiger partial charge on any atom is 0.329 e. The van der Waals surface area contributed by atoms with Crippen molar-refractivity contribution in [3.63, 3.8) is 0 Å². The number of carbonyl (C=O) groups excluding carboxylic acids is 6. The summed E-state index contributed by atoms with van der Waals surface area (Å²) < 4.78 is 41.0. The molecule has 0 N–H and O–H groups in total.